The zero-order valence-electron chi connectivity index (χ0n) is 16.8. The molecule has 148 valence electrons. The summed E-state index contributed by atoms with van der Waals surface area (Å²) in [7, 11) is 0. The molecule has 4 rings (SSSR count). The van der Waals surface area contributed by atoms with Crippen molar-refractivity contribution in [2.24, 2.45) is 11.1 Å². The van der Waals surface area contributed by atoms with Gasteiger partial charge in [0.1, 0.15) is 17.4 Å². The molecule has 0 spiro atoms. The Balaban J connectivity index is 1.69. The van der Waals surface area contributed by atoms with Crippen molar-refractivity contribution in [1.82, 2.24) is 14.6 Å². The van der Waals surface area contributed by atoms with E-state index in [0.717, 1.165) is 48.2 Å². The zero-order valence-corrected chi connectivity index (χ0v) is 16.8. The van der Waals surface area contributed by atoms with Gasteiger partial charge < -0.3 is 20.7 Å². The van der Waals surface area contributed by atoms with Crippen molar-refractivity contribution in [2.75, 3.05) is 36.5 Å². The number of fused-ring (bicyclic) bond motifs is 2. The number of aromatic nitrogens is 3. The van der Waals surface area contributed by atoms with Gasteiger partial charge in [0.25, 0.3) is 0 Å². The molecule has 1 aliphatic heterocycles. The number of anilines is 3. The Kier molecular flexibility index (Phi) is 4.85. The summed E-state index contributed by atoms with van der Waals surface area (Å²) in [5.41, 5.74) is 9.03. The Hall–Kier alpha value is -2.80. The quantitative estimate of drug-likeness (QED) is 0.655. The smallest absolute Gasteiger partial charge is 0.159 e. The molecule has 7 heteroatoms. The fraction of sp³-hybridized carbons (Fsp3) is 0.429. The van der Waals surface area contributed by atoms with Crippen LogP contribution in [0, 0.1) is 5.41 Å². The molecule has 1 aliphatic rings. The van der Waals surface area contributed by atoms with E-state index in [1.165, 1.54) is 5.56 Å². The van der Waals surface area contributed by atoms with Gasteiger partial charge in [-0.25, -0.2) is 4.98 Å². The SMILES string of the molecule is CCOc1ccc(Nc2c3c(nc4ccnn24)N(CC(C)(C)CN)CC3)cc1. The molecule has 0 atom stereocenters. The molecule has 0 bridgehead atoms. The first-order chi connectivity index (χ1) is 13.5. The summed E-state index contributed by atoms with van der Waals surface area (Å²) in [6, 6.07) is 9.94. The third kappa shape index (κ3) is 3.49. The summed E-state index contributed by atoms with van der Waals surface area (Å²) in [5, 5.41) is 8.04. The van der Waals surface area contributed by atoms with Crippen molar-refractivity contribution in [3.05, 3.63) is 42.1 Å². The molecule has 1 aromatic carbocycles. The molecule has 0 unspecified atom stereocenters. The standard InChI is InChI=1S/C21H28N6O/c1-4-28-16-7-5-15(6-8-16)24-20-17-10-12-26(14-21(2,3)13-22)19(17)25-18-9-11-23-27(18)20/h5-9,11,24H,4,10,12-14,22H2,1-3H3. The Morgan fingerprint density at radius 2 is 2.00 bits per heavy atom. The minimum atomic E-state index is 0.0400. The van der Waals surface area contributed by atoms with Crippen molar-refractivity contribution >= 4 is 23.0 Å². The second-order valence-corrected chi connectivity index (χ2v) is 7.99. The molecule has 3 N–H and O–H groups in total. The van der Waals surface area contributed by atoms with Crippen LogP contribution in [0.5, 0.6) is 5.75 Å². The minimum absolute atomic E-state index is 0.0400. The van der Waals surface area contributed by atoms with Gasteiger partial charge in [-0.05, 0) is 49.6 Å². The van der Waals surface area contributed by atoms with Gasteiger partial charge in [0.05, 0.1) is 12.8 Å². The van der Waals surface area contributed by atoms with Crippen molar-refractivity contribution in [3.63, 3.8) is 0 Å². The van der Waals surface area contributed by atoms with E-state index in [9.17, 15) is 0 Å². The number of rotatable bonds is 7. The number of nitrogens with two attached hydrogens (primary N) is 1. The van der Waals surface area contributed by atoms with E-state index in [0.29, 0.717) is 13.2 Å². The molecule has 2 aromatic heterocycles. The van der Waals surface area contributed by atoms with Gasteiger partial charge in [-0.3, -0.25) is 0 Å². The first kappa shape index (κ1) is 18.6. The maximum absolute atomic E-state index is 5.96. The Morgan fingerprint density at radius 3 is 2.71 bits per heavy atom. The highest BCUT2D eigenvalue weighted by molar-refractivity contribution is 5.72. The average molecular weight is 380 g/mol. The lowest BCUT2D eigenvalue weighted by Crippen LogP contribution is -2.38. The number of nitrogens with zero attached hydrogens (tertiary/aromatic N) is 4. The van der Waals surface area contributed by atoms with Gasteiger partial charge in [-0.15, -0.1) is 0 Å². The summed E-state index contributed by atoms with van der Waals surface area (Å²) in [5.74, 6) is 2.87. The molecule has 3 aromatic rings. The van der Waals surface area contributed by atoms with Crippen molar-refractivity contribution in [1.29, 1.82) is 0 Å². The number of hydrogen-bond donors (Lipinski definition) is 2. The number of nitrogens with one attached hydrogen (secondary N) is 1. The van der Waals surface area contributed by atoms with Crippen LogP contribution < -0.4 is 20.7 Å². The minimum Gasteiger partial charge on any atom is -0.494 e. The summed E-state index contributed by atoms with van der Waals surface area (Å²) >= 11 is 0. The molecule has 7 nitrogen and oxygen atoms in total. The maximum Gasteiger partial charge on any atom is 0.159 e. The van der Waals surface area contributed by atoms with Crippen LogP contribution in [0.15, 0.2) is 36.5 Å². The lowest BCUT2D eigenvalue weighted by atomic mass is 9.93. The second-order valence-electron chi connectivity index (χ2n) is 7.99. The van der Waals surface area contributed by atoms with E-state index < -0.39 is 0 Å². The monoisotopic (exact) mass is 380 g/mol. The van der Waals surface area contributed by atoms with E-state index in [-0.39, 0.29) is 5.41 Å². The summed E-state index contributed by atoms with van der Waals surface area (Å²) < 4.78 is 7.42. The lowest BCUT2D eigenvalue weighted by molar-refractivity contribution is 0.340. The fourth-order valence-corrected chi connectivity index (χ4v) is 3.61. The Morgan fingerprint density at radius 1 is 1.21 bits per heavy atom. The van der Waals surface area contributed by atoms with Crippen LogP contribution in [-0.2, 0) is 6.42 Å². The van der Waals surface area contributed by atoms with Gasteiger partial charge in [-0.2, -0.15) is 9.61 Å². The molecule has 0 amide bonds. The van der Waals surface area contributed by atoms with Crippen LogP contribution in [-0.4, -0.2) is 40.8 Å². The van der Waals surface area contributed by atoms with E-state index in [1.54, 1.807) is 6.20 Å². The van der Waals surface area contributed by atoms with Crippen molar-refractivity contribution < 1.29 is 4.74 Å². The lowest BCUT2D eigenvalue weighted by Gasteiger charge is -2.30. The highest BCUT2D eigenvalue weighted by Gasteiger charge is 2.30. The molecule has 0 saturated heterocycles. The predicted octanol–water partition coefficient (Wildman–Crippen LogP) is 3.22. The van der Waals surface area contributed by atoms with E-state index >= 15 is 0 Å². The second kappa shape index (κ2) is 7.31. The van der Waals surface area contributed by atoms with Crippen molar-refractivity contribution in [2.45, 2.75) is 27.2 Å². The molecule has 3 heterocycles. The molecule has 0 fully saturated rings. The van der Waals surface area contributed by atoms with Crippen LogP contribution in [0.1, 0.15) is 26.3 Å². The first-order valence-corrected chi connectivity index (χ1v) is 9.82. The number of hydrogen-bond acceptors (Lipinski definition) is 6. The van der Waals surface area contributed by atoms with Crippen LogP contribution in [0.25, 0.3) is 5.65 Å². The summed E-state index contributed by atoms with van der Waals surface area (Å²) in [6.07, 6.45) is 2.72. The molecular formula is C21H28N6O. The van der Waals surface area contributed by atoms with Gasteiger partial charge >= 0.3 is 0 Å². The van der Waals surface area contributed by atoms with Gasteiger partial charge in [0.2, 0.25) is 0 Å². The van der Waals surface area contributed by atoms with Crippen LogP contribution in [0.4, 0.5) is 17.3 Å². The summed E-state index contributed by atoms with van der Waals surface area (Å²) in [6.45, 7) is 9.51. The molecule has 0 aliphatic carbocycles. The average Bonchev–Trinajstić information content (AvgIpc) is 3.31. The highest BCUT2D eigenvalue weighted by atomic mass is 16.5. The Labute approximate surface area is 165 Å². The normalized spacial score (nSPS) is 13.8. The molecular weight excluding hydrogens is 352 g/mol. The van der Waals surface area contributed by atoms with Gasteiger partial charge in [0.15, 0.2) is 5.65 Å². The molecule has 28 heavy (non-hydrogen) atoms. The van der Waals surface area contributed by atoms with Gasteiger partial charge in [-0.1, -0.05) is 13.8 Å². The van der Waals surface area contributed by atoms with Gasteiger partial charge in [0, 0.05) is 30.4 Å². The van der Waals surface area contributed by atoms with E-state index in [4.69, 9.17) is 15.5 Å². The van der Waals surface area contributed by atoms with Crippen molar-refractivity contribution in [3.8, 4) is 5.75 Å². The topological polar surface area (TPSA) is 80.7 Å². The van der Waals surface area contributed by atoms with Crippen LogP contribution >= 0.6 is 0 Å². The third-order valence-electron chi connectivity index (χ3n) is 5.14. The third-order valence-corrected chi connectivity index (χ3v) is 5.14. The highest BCUT2D eigenvalue weighted by Crippen LogP contribution is 2.36. The van der Waals surface area contributed by atoms with Crippen LogP contribution in [0.3, 0.4) is 0 Å². The molecule has 0 saturated carbocycles. The zero-order chi connectivity index (χ0) is 19.7. The maximum atomic E-state index is 5.96. The Bertz CT molecular complexity index is 963. The molecule has 0 radical (unpaired) electrons. The van der Waals surface area contributed by atoms with E-state index in [2.05, 4.69) is 29.2 Å². The van der Waals surface area contributed by atoms with Crippen LogP contribution in [0.2, 0.25) is 0 Å². The fourth-order valence-electron chi connectivity index (χ4n) is 3.61. The number of benzene rings is 1. The largest absolute Gasteiger partial charge is 0.494 e. The number of ether oxygens (including phenoxy) is 1. The predicted molar refractivity (Wildman–Crippen MR) is 113 cm³/mol. The van der Waals surface area contributed by atoms with E-state index in [1.807, 2.05) is 41.8 Å². The first-order valence-electron chi connectivity index (χ1n) is 9.82. The summed E-state index contributed by atoms with van der Waals surface area (Å²) in [4.78, 5) is 7.23.